The monoisotopic (exact) mass is 291 g/mol. The van der Waals surface area contributed by atoms with Crippen molar-refractivity contribution in [3.63, 3.8) is 0 Å². The molecule has 18 heavy (non-hydrogen) atoms. The number of rotatable bonds is 5. The molecule has 0 saturated carbocycles. The van der Waals surface area contributed by atoms with Crippen LogP contribution in [0.15, 0.2) is 29.2 Å². The SMILES string of the molecule is CCN(CC(=O)NN)S(=O)(=O)c1ccc(Cl)cc1. The molecular formula is C10H14ClN3O3S. The van der Waals surface area contributed by atoms with E-state index in [1.807, 2.05) is 5.43 Å². The van der Waals surface area contributed by atoms with Crippen molar-refractivity contribution in [2.24, 2.45) is 5.84 Å². The van der Waals surface area contributed by atoms with Crippen LogP contribution in [0.25, 0.3) is 0 Å². The summed E-state index contributed by atoms with van der Waals surface area (Å²) in [6.45, 7) is 1.48. The summed E-state index contributed by atoms with van der Waals surface area (Å²) >= 11 is 5.69. The lowest BCUT2D eigenvalue weighted by atomic mass is 10.4. The van der Waals surface area contributed by atoms with Crippen LogP contribution < -0.4 is 11.3 Å². The zero-order valence-corrected chi connectivity index (χ0v) is 11.3. The number of nitrogens with two attached hydrogens (primary N) is 1. The zero-order valence-electron chi connectivity index (χ0n) is 9.76. The van der Waals surface area contributed by atoms with E-state index in [4.69, 9.17) is 17.4 Å². The Morgan fingerprint density at radius 3 is 2.39 bits per heavy atom. The minimum atomic E-state index is -3.71. The average Bonchev–Trinajstić information content (AvgIpc) is 2.35. The highest BCUT2D eigenvalue weighted by atomic mass is 35.5. The molecule has 0 aliphatic heterocycles. The molecule has 0 aliphatic carbocycles. The first-order chi connectivity index (χ1) is 8.41. The Morgan fingerprint density at radius 2 is 1.94 bits per heavy atom. The smallest absolute Gasteiger partial charge is 0.249 e. The number of hydrazine groups is 1. The van der Waals surface area contributed by atoms with Gasteiger partial charge < -0.3 is 0 Å². The lowest BCUT2D eigenvalue weighted by molar-refractivity contribution is -0.121. The van der Waals surface area contributed by atoms with Gasteiger partial charge in [-0.05, 0) is 24.3 Å². The average molecular weight is 292 g/mol. The number of hydrogen-bond acceptors (Lipinski definition) is 4. The molecule has 0 radical (unpaired) electrons. The molecule has 1 amide bonds. The standard InChI is InChI=1S/C10H14ClN3O3S/c1-2-14(7-10(15)13-12)18(16,17)9-5-3-8(11)4-6-9/h3-6H,2,7,12H2,1H3,(H,13,15). The molecule has 0 aliphatic rings. The van der Waals surface area contributed by atoms with Crippen LogP contribution in [0.5, 0.6) is 0 Å². The number of likely N-dealkylation sites (N-methyl/N-ethyl adjacent to an activating group) is 1. The minimum Gasteiger partial charge on any atom is -0.293 e. The Labute approximate surface area is 111 Å². The van der Waals surface area contributed by atoms with Crippen LogP contribution in [0.2, 0.25) is 5.02 Å². The normalized spacial score (nSPS) is 11.6. The molecule has 0 unspecified atom stereocenters. The minimum absolute atomic E-state index is 0.0820. The molecule has 8 heteroatoms. The van der Waals surface area contributed by atoms with Gasteiger partial charge in [0.05, 0.1) is 11.4 Å². The molecule has 0 spiro atoms. The van der Waals surface area contributed by atoms with E-state index in [-0.39, 0.29) is 18.0 Å². The third kappa shape index (κ3) is 3.42. The van der Waals surface area contributed by atoms with Gasteiger partial charge in [0.15, 0.2) is 0 Å². The van der Waals surface area contributed by atoms with Crippen molar-refractivity contribution in [1.82, 2.24) is 9.73 Å². The number of nitrogens with one attached hydrogen (secondary N) is 1. The van der Waals surface area contributed by atoms with E-state index in [0.29, 0.717) is 5.02 Å². The number of nitrogens with zero attached hydrogens (tertiary/aromatic N) is 1. The maximum Gasteiger partial charge on any atom is 0.249 e. The quantitative estimate of drug-likeness (QED) is 0.465. The van der Waals surface area contributed by atoms with Crippen LogP contribution in [0, 0.1) is 0 Å². The molecule has 0 heterocycles. The molecule has 100 valence electrons. The predicted molar refractivity (Wildman–Crippen MR) is 68.2 cm³/mol. The van der Waals surface area contributed by atoms with Crippen LogP contribution >= 0.6 is 11.6 Å². The predicted octanol–water partition coefficient (Wildman–Crippen LogP) is 0.341. The van der Waals surface area contributed by atoms with Gasteiger partial charge in [0.1, 0.15) is 0 Å². The van der Waals surface area contributed by atoms with E-state index in [0.717, 1.165) is 4.31 Å². The topological polar surface area (TPSA) is 92.5 Å². The van der Waals surface area contributed by atoms with Gasteiger partial charge in [-0.2, -0.15) is 4.31 Å². The van der Waals surface area contributed by atoms with Gasteiger partial charge in [-0.25, -0.2) is 14.3 Å². The second-order valence-electron chi connectivity index (χ2n) is 3.45. The number of hydrogen-bond donors (Lipinski definition) is 2. The summed E-state index contributed by atoms with van der Waals surface area (Å²) < 4.78 is 25.4. The number of halogens is 1. The highest BCUT2D eigenvalue weighted by molar-refractivity contribution is 7.89. The van der Waals surface area contributed by atoms with Crippen molar-refractivity contribution in [3.05, 3.63) is 29.3 Å². The summed E-state index contributed by atoms with van der Waals surface area (Å²) in [5, 5.41) is 0.441. The highest BCUT2D eigenvalue weighted by Crippen LogP contribution is 2.18. The molecule has 0 saturated heterocycles. The third-order valence-electron chi connectivity index (χ3n) is 2.29. The Balaban J connectivity index is 3.03. The lowest BCUT2D eigenvalue weighted by Crippen LogP contribution is -2.42. The number of carbonyl (C=O) groups excluding carboxylic acids is 1. The second-order valence-corrected chi connectivity index (χ2v) is 5.83. The molecule has 0 bridgehead atoms. The van der Waals surface area contributed by atoms with Crippen molar-refractivity contribution < 1.29 is 13.2 Å². The van der Waals surface area contributed by atoms with E-state index in [1.54, 1.807) is 6.92 Å². The fourth-order valence-electron chi connectivity index (χ4n) is 1.33. The fraction of sp³-hybridized carbons (Fsp3) is 0.300. The maximum atomic E-state index is 12.2. The summed E-state index contributed by atoms with van der Waals surface area (Å²) in [5.74, 6) is 4.36. The van der Waals surface area contributed by atoms with Gasteiger partial charge in [-0.3, -0.25) is 10.2 Å². The van der Waals surface area contributed by atoms with Crippen LogP contribution in [0.1, 0.15) is 6.92 Å². The molecule has 1 rings (SSSR count). The molecule has 0 atom stereocenters. The van der Waals surface area contributed by atoms with Gasteiger partial charge in [0.25, 0.3) is 0 Å². The number of sulfonamides is 1. The molecule has 0 fully saturated rings. The van der Waals surface area contributed by atoms with Crippen molar-refractivity contribution in [2.75, 3.05) is 13.1 Å². The van der Waals surface area contributed by atoms with E-state index >= 15 is 0 Å². The Bertz CT molecular complexity index is 516. The van der Waals surface area contributed by atoms with Gasteiger partial charge in [-0.1, -0.05) is 18.5 Å². The number of benzene rings is 1. The largest absolute Gasteiger partial charge is 0.293 e. The zero-order chi connectivity index (χ0) is 13.8. The van der Waals surface area contributed by atoms with Crippen LogP contribution in [-0.4, -0.2) is 31.7 Å². The number of carbonyl (C=O) groups is 1. The summed E-state index contributed by atoms with van der Waals surface area (Å²) in [4.78, 5) is 11.2. The molecule has 6 nitrogen and oxygen atoms in total. The van der Waals surface area contributed by atoms with E-state index < -0.39 is 15.9 Å². The van der Waals surface area contributed by atoms with Crippen molar-refractivity contribution in [1.29, 1.82) is 0 Å². The summed E-state index contributed by atoms with van der Waals surface area (Å²) in [5.41, 5.74) is 1.90. The van der Waals surface area contributed by atoms with Gasteiger partial charge in [-0.15, -0.1) is 0 Å². The highest BCUT2D eigenvalue weighted by Gasteiger charge is 2.24. The fourth-order valence-corrected chi connectivity index (χ4v) is 2.86. The van der Waals surface area contributed by atoms with Crippen LogP contribution in [0.4, 0.5) is 0 Å². The molecule has 1 aromatic carbocycles. The second kappa shape index (κ2) is 6.14. The van der Waals surface area contributed by atoms with Gasteiger partial charge in [0.2, 0.25) is 15.9 Å². The summed E-state index contributed by atoms with van der Waals surface area (Å²) in [6.07, 6.45) is 0. The number of amides is 1. The van der Waals surface area contributed by atoms with Crippen LogP contribution in [0.3, 0.4) is 0 Å². The van der Waals surface area contributed by atoms with E-state index in [2.05, 4.69) is 0 Å². The summed E-state index contributed by atoms with van der Waals surface area (Å²) in [7, 11) is -3.71. The Morgan fingerprint density at radius 1 is 1.39 bits per heavy atom. The first-order valence-electron chi connectivity index (χ1n) is 5.17. The summed E-state index contributed by atoms with van der Waals surface area (Å²) in [6, 6.07) is 5.73. The van der Waals surface area contributed by atoms with Gasteiger partial charge in [0, 0.05) is 11.6 Å². The Kier molecular flexibility index (Phi) is 5.09. The van der Waals surface area contributed by atoms with E-state index in [1.165, 1.54) is 24.3 Å². The molecular weight excluding hydrogens is 278 g/mol. The van der Waals surface area contributed by atoms with Crippen molar-refractivity contribution in [3.8, 4) is 0 Å². The molecule has 0 aromatic heterocycles. The Hall–Kier alpha value is -1.15. The molecule has 1 aromatic rings. The molecule has 3 N–H and O–H groups in total. The van der Waals surface area contributed by atoms with Crippen LogP contribution in [-0.2, 0) is 14.8 Å². The van der Waals surface area contributed by atoms with Crippen molar-refractivity contribution in [2.45, 2.75) is 11.8 Å². The van der Waals surface area contributed by atoms with Gasteiger partial charge >= 0.3 is 0 Å². The van der Waals surface area contributed by atoms with E-state index in [9.17, 15) is 13.2 Å². The maximum absolute atomic E-state index is 12.2. The first-order valence-corrected chi connectivity index (χ1v) is 6.98. The van der Waals surface area contributed by atoms with Crippen molar-refractivity contribution >= 4 is 27.5 Å². The first kappa shape index (κ1) is 14.9. The lowest BCUT2D eigenvalue weighted by Gasteiger charge is -2.19. The third-order valence-corrected chi connectivity index (χ3v) is 4.47.